The highest BCUT2D eigenvalue weighted by Crippen LogP contribution is 2.34. The Kier molecular flexibility index (Phi) is 2.07. The second kappa shape index (κ2) is 3.13. The SMILES string of the molecule is C[C@H]1Oc2c(F)cc(Cl)cc2NC1=O. The molecule has 0 saturated carbocycles. The molecule has 3 nitrogen and oxygen atoms in total. The van der Waals surface area contributed by atoms with Gasteiger partial charge in [0.2, 0.25) is 0 Å². The van der Waals surface area contributed by atoms with Crippen molar-refractivity contribution < 1.29 is 13.9 Å². The van der Waals surface area contributed by atoms with Gasteiger partial charge in [-0.2, -0.15) is 0 Å². The number of ether oxygens (including phenoxy) is 1. The number of fused-ring (bicyclic) bond motifs is 1. The fourth-order valence-electron chi connectivity index (χ4n) is 1.24. The molecule has 2 rings (SSSR count). The topological polar surface area (TPSA) is 38.3 Å². The average molecular weight is 216 g/mol. The van der Waals surface area contributed by atoms with Gasteiger partial charge in [-0.3, -0.25) is 4.79 Å². The van der Waals surface area contributed by atoms with Crippen molar-refractivity contribution in [2.45, 2.75) is 13.0 Å². The van der Waals surface area contributed by atoms with E-state index in [-0.39, 0.29) is 22.4 Å². The number of anilines is 1. The Morgan fingerprint density at radius 3 is 3.00 bits per heavy atom. The third-order valence-corrected chi connectivity index (χ3v) is 2.15. The summed E-state index contributed by atoms with van der Waals surface area (Å²) in [5.74, 6) is -0.833. The zero-order valence-electron chi connectivity index (χ0n) is 7.30. The van der Waals surface area contributed by atoms with Crippen LogP contribution in [0.15, 0.2) is 12.1 Å². The lowest BCUT2D eigenvalue weighted by atomic mass is 10.2. The maximum Gasteiger partial charge on any atom is 0.265 e. The van der Waals surface area contributed by atoms with Crippen molar-refractivity contribution in [1.29, 1.82) is 0 Å². The van der Waals surface area contributed by atoms with Gasteiger partial charge < -0.3 is 10.1 Å². The normalized spacial score (nSPS) is 19.6. The molecule has 0 bridgehead atoms. The molecule has 1 aliphatic rings. The second-order valence-electron chi connectivity index (χ2n) is 3.01. The summed E-state index contributed by atoms with van der Waals surface area (Å²) >= 11 is 5.62. The molecule has 5 heteroatoms. The molecule has 1 atom stereocenters. The van der Waals surface area contributed by atoms with Gasteiger partial charge in [0, 0.05) is 5.02 Å². The first kappa shape index (κ1) is 9.27. The Hall–Kier alpha value is -1.29. The molecular formula is C9H7ClFNO2. The summed E-state index contributed by atoms with van der Waals surface area (Å²) in [6.45, 7) is 1.55. The molecule has 0 radical (unpaired) electrons. The van der Waals surface area contributed by atoms with E-state index in [4.69, 9.17) is 16.3 Å². The van der Waals surface area contributed by atoms with E-state index >= 15 is 0 Å². The van der Waals surface area contributed by atoms with Crippen LogP contribution in [-0.2, 0) is 4.79 Å². The largest absolute Gasteiger partial charge is 0.476 e. The van der Waals surface area contributed by atoms with Crippen LogP contribution in [0.25, 0.3) is 0 Å². The summed E-state index contributed by atoms with van der Waals surface area (Å²) < 4.78 is 18.4. The van der Waals surface area contributed by atoms with Gasteiger partial charge in [-0.25, -0.2) is 4.39 Å². The van der Waals surface area contributed by atoms with Gasteiger partial charge in [0.1, 0.15) is 0 Å². The molecule has 14 heavy (non-hydrogen) atoms. The van der Waals surface area contributed by atoms with Crippen LogP contribution >= 0.6 is 11.6 Å². The number of hydrogen-bond donors (Lipinski definition) is 1. The lowest BCUT2D eigenvalue weighted by Gasteiger charge is -2.23. The van der Waals surface area contributed by atoms with E-state index < -0.39 is 11.9 Å². The van der Waals surface area contributed by atoms with Crippen LogP contribution in [0.4, 0.5) is 10.1 Å². The van der Waals surface area contributed by atoms with Crippen molar-refractivity contribution in [2.24, 2.45) is 0 Å². The van der Waals surface area contributed by atoms with Gasteiger partial charge >= 0.3 is 0 Å². The minimum Gasteiger partial charge on any atom is -0.476 e. The van der Waals surface area contributed by atoms with Crippen LogP contribution in [0.1, 0.15) is 6.92 Å². The standard InChI is InChI=1S/C9H7ClFNO2/c1-4-9(13)12-7-3-5(10)2-6(11)8(7)14-4/h2-4H,1H3,(H,12,13)/t4-/m1/s1. The molecule has 0 aliphatic carbocycles. The summed E-state index contributed by atoms with van der Waals surface area (Å²) in [4.78, 5) is 11.2. The number of hydrogen-bond acceptors (Lipinski definition) is 2. The smallest absolute Gasteiger partial charge is 0.265 e. The highest BCUT2D eigenvalue weighted by atomic mass is 35.5. The van der Waals surface area contributed by atoms with Crippen molar-refractivity contribution >= 4 is 23.2 Å². The molecule has 1 heterocycles. The number of benzene rings is 1. The zero-order chi connectivity index (χ0) is 10.3. The van der Waals surface area contributed by atoms with Gasteiger partial charge in [0.15, 0.2) is 17.7 Å². The number of amides is 1. The first-order valence-corrected chi connectivity index (χ1v) is 4.42. The average Bonchev–Trinajstić information content (AvgIpc) is 2.08. The van der Waals surface area contributed by atoms with Crippen LogP contribution in [0.5, 0.6) is 5.75 Å². The van der Waals surface area contributed by atoms with Crippen molar-refractivity contribution in [3.63, 3.8) is 0 Å². The molecule has 1 amide bonds. The number of nitrogens with one attached hydrogen (secondary N) is 1. The van der Waals surface area contributed by atoms with E-state index in [2.05, 4.69) is 5.32 Å². The van der Waals surface area contributed by atoms with Crippen LogP contribution in [0.3, 0.4) is 0 Å². The molecule has 0 spiro atoms. The first-order valence-electron chi connectivity index (χ1n) is 4.04. The molecule has 0 fully saturated rings. The Morgan fingerprint density at radius 2 is 2.29 bits per heavy atom. The maximum absolute atomic E-state index is 13.3. The van der Waals surface area contributed by atoms with Crippen molar-refractivity contribution in [3.05, 3.63) is 23.0 Å². The molecule has 1 N–H and O–H groups in total. The fraction of sp³-hybridized carbons (Fsp3) is 0.222. The molecule has 1 aromatic rings. The fourth-order valence-corrected chi connectivity index (χ4v) is 1.44. The van der Waals surface area contributed by atoms with E-state index in [0.29, 0.717) is 0 Å². The summed E-state index contributed by atoms with van der Waals surface area (Å²) in [7, 11) is 0. The predicted molar refractivity (Wildman–Crippen MR) is 50.1 cm³/mol. The van der Waals surface area contributed by atoms with E-state index in [1.807, 2.05) is 0 Å². The lowest BCUT2D eigenvalue weighted by molar-refractivity contribution is -0.122. The Morgan fingerprint density at radius 1 is 1.57 bits per heavy atom. The summed E-state index contributed by atoms with van der Waals surface area (Å²) in [5, 5.41) is 2.72. The van der Waals surface area contributed by atoms with E-state index in [0.717, 1.165) is 6.07 Å². The first-order chi connectivity index (χ1) is 6.58. The quantitative estimate of drug-likeness (QED) is 0.721. The Labute approximate surface area is 84.8 Å². The summed E-state index contributed by atoms with van der Waals surface area (Å²) in [6, 6.07) is 2.59. The maximum atomic E-state index is 13.3. The van der Waals surface area contributed by atoms with Crippen molar-refractivity contribution in [3.8, 4) is 5.75 Å². The van der Waals surface area contributed by atoms with Gasteiger partial charge in [-0.05, 0) is 19.1 Å². The van der Waals surface area contributed by atoms with Crippen molar-refractivity contribution in [2.75, 3.05) is 5.32 Å². The molecule has 74 valence electrons. The van der Waals surface area contributed by atoms with E-state index in [9.17, 15) is 9.18 Å². The molecule has 1 aliphatic heterocycles. The van der Waals surface area contributed by atoms with E-state index in [1.54, 1.807) is 6.92 Å². The lowest BCUT2D eigenvalue weighted by Crippen LogP contribution is -2.34. The number of rotatable bonds is 0. The minimum atomic E-state index is -0.682. The number of halogens is 2. The molecule has 0 saturated heterocycles. The highest BCUT2D eigenvalue weighted by Gasteiger charge is 2.26. The van der Waals surface area contributed by atoms with Gasteiger partial charge in [0.05, 0.1) is 5.69 Å². The summed E-state index contributed by atoms with van der Waals surface area (Å²) in [6.07, 6.45) is -0.682. The highest BCUT2D eigenvalue weighted by molar-refractivity contribution is 6.31. The molecule has 0 unspecified atom stereocenters. The predicted octanol–water partition coefficient (Wildman–Crippen LogP) is 2.20. The van der Waals surface area contributed by atoms with Gasteiger partial charge in [0.25, 0.3) is 5.91 Å². The zero-order valence-corrected chi connectivity index (χ0v) is 8.06. The third kappa shape index (κ3) is 1.42. The molecule has 1 aromatic carbocycles. The van der Waals surface area contributed by atoms with Crippen molar-refractivity contribution in [1.82, 2.24) is 0 Å². The van der Waals surface area contributed by atoms with Gasteiger partial charge in [-0.15, -0.1) is 0 Å². The second-order valence-corrected chi connectivity index (χ2v) is 3.45. The Balaban J connectivity index is 2.51. The third-order valence-electron chi connectivity index (χ3n) is 1.93. The number of carbonyl (C=O) groups excluding carboxylic acids is 1. The minimum absolute atomic E-state index is 0.0431. The Bertz CT molecular complexity index is 408. The van der Waals surface area contributed by atoms with E-state index in [1.165, 1.54) is 6.07 Å². The van der Waals surface area contributed by atoms with Crippen LogP contribution in [0.2, 0.25) is 5.02 Å². The molecular weight excluding hydrogens is 209 g/mol. The summed E-state index contributed by atoms with van der Waals surface area (Å²) in [5.41, 5.74) is 0.276. The van der Waals surface area contributed by atoms with Crippen LogP contribution in [0, 0.1) is 5.82 Å². The van der Waals surface area contributed by atoms with Crippen LogP contribution < -0.4 is 10.1 Å². The van der Waals surface area contributed by atoms with Gasteiger partial charge in [-0.1, -0.05) is 11.6 Å². The van der Waals surface area contributed by atoms with Crippen LogP contribution in [-0.4, -0.2) is 12.0 Å². The monoisotopic (exact) mass is 215 g/mol. The molecule has 0 aromatic heterocycles. The number of carbonyl (C=O) groups is 1.